The minimum atomic E-state index is -4.41. The lowest BCUT2D eigenvalue weighted by molar-refractivity contribution is -0.138. The van der Waals surface area contributed by atoms with Crippen molar-refractivity contribution in [1.29, 1.82) is 0 Å². The molecule has 0 unspecified atom stereocenters. The molecule has 1 aliphatic heterocycles. The first-order chi connectivity index (χ1) is 14.0. The lowest BCUT2D eigenvalue weighted by Gasteiger charge is -2.35. The number of primary sulfonamides is 1. The Morgan fingerprint density at radius 1 is 1.00 bits per heavy atom. The number of carbonyl (C=O) groups excluding carboxylic acids is 1. The average Bonchev–Trinajstić information content (AvgIpc) is 2.68. The first kappa shape index (κ1) is 22.1. The van der Waals surface area contributed by atoms with Crippen molar-refractivity contribution >= 4 is 21.7 Å². The quantitative estimate of drug-likeness (QED) is 0.761. The summed E-state index contributed by atoms with van der Waals surface area (Å²) in [4.78, 5) is 15.8. The predicted molar refractivity (Wildman–Crippen MR) is 105 cm³/mol. The average molecular weight is 442 g/mol. The number of nitrogens with two attached hydrogens (primary N) is 1. The molecule has 7 nitrogen and oxygen atoms in total. The van der Waals surface area contributed by atoms with Gasteiger partial charge in [0.25, 0.3) is 0 Å². The lowest BCUT2D eigenvalue weighted by atomic mass is 10.1. The zero-order valence-electron chi connectivity index (χ0n) is 15.9. The largest absolute Gasteiger partial charge is 0.416 e. The van der Waals surface area contributed by atoms with E-state index < -0.39 is 21.8 Å². The van der Waals surface area contributed by atoms with E-state index >= 15 is 0 Å². The molecule has 0 spiro atoms. The smallest absolute Gasteiger partial charge is 0.322 e. The summed E-state index contributed by atoms with van der Waals surface area (Å²) in [5.74, 6) is 0. The van der Waals surface area contributed by atoms with Crippen LogP contribution in [0.15, 0.2) is 53.4 Å². The third kappa shape index (κ3) is 5.49. The van der Waals surface area contributed by atoms with E-state index in [-0.39, 0.29) is 23.0 Å². The normalized spacial score (nSPS) is 15.8. The highest BCUT2D eigenvalue weighted by Crippen LogP contribution is 2.32. The van der Waals surface area contributed by atoms with Crippen LogP contribution < -0.4 is 10.5 Å². The van der Waals surface area contributed by atoms with Gasteiger partial charge in [0.2, 0.25) is 10.0 Å². The minimum absolute atomic E-state index is 0.0618. The zero-order valence-corrected chi connectivity index (χ0v) is 16.7. The van der Waals surface area contributed by atoms with Gasteiger partial charge >= 0.3 is 12.2 Å². The Morgan fingerprint density at radius 3 is 2.17 bits per heavy atom. The van der Waals surface area contributed by atoms with Crippen molar-refractivity contribution in [3.63, 3.8) is 0 Å². The first-order valence-electron chi connectivity index (χ1n) is 9.10. The molecule has 1 fully saturated rings. The second kappa shape index (κ2) is 8.62. The minimum Gasteiger partial charge on any atom is -0.322 e. The van der Waals surface area contributed by atoms with Gasteiger partial charge in [-0.05, 0) is 35.9 Å². The summed E-state index contributed by atoms with van der Waals surface area (Å²) >= 11 is 0. The molecule has 1 heterocycles. The number of nitrogens with one attached hydrogen (secondary N) is 1. The highest BCUT2D eigenvalue weighted by molar-refractivity contribution is 7.89. The van der Waals surface area contributed by atoms with Gasteiger partial charge in [-0.3, -0.25) is 4.90 Å². The van der Waals surface area contributed by atoms with Gasteiger partial charge in [0.05, 0.1) is 10.5 Å². The van der Waals surface area contributed by atoms with E-state index in [0.717, 1.165) is 6.07 Å². The molecule has 2 amide bonds. The fourth-order valence-electron chi connectivity index (χ4n) is 3.22. The predicted octanol–water partition coefficient (Wildman–Crippen LogP) is 2.70. The molecular formula is C19H21F3N4O3S. The fourth-order valence-corrected chi connectivity index (χ4v) is 3.73. The van der Waals surface area contributed by atoms with Crippen LogP contribution in [0.1, 0.15) is 11.1 Å². The third-order valence-electron chi connectivity index (χ3n) is 4.81. The molecule has 3 N–H and O–H groups in total. The van der Waals surface area contributed by atoms with Gasteiger partial charge in [0, 0.05) is 38.4 Å². The second-order valence-electron chi connectivity index (χ2n) is 6.92. The van der Waals surface area contributed by atoms with Crippen LogP contribution in [0.3, 0.4) is 0 Å². The fraction of sp³-hybridized carbons (Fsp3) is 0.316. The van der Waals surface area contributed by atoms with Crippen molar-refractivity contribution in [2.24, 2.45) is 5.14 Å². The van der Waals surface area contributed by atoms with Crippen molar-refractivity contribution in [2.45, 2.75) is 17.6 Å². The number of anilines is 1. The number of rotatable bonds is 4. The van der Waals surface area contributed by atoms with Crippen LogP contribution in [0.5, 0.6) is 0 Å². The van der Waals surface area contributed by atoms with Gasteiger partial charge in [-0.15, -0.1) is 0 Å². The van der Waals surface area contributed by atoms with Crippen LogP contribution in [0.25, 0.3) is 0 Å². The molecule has 0 aliphatic carbocycles. The molecule has 0 radical (unpaired) electrons. The van der Waals surface area contributed by atoms with Crippen molar-refractivity contribution in [1.82, 2.24) is 9.80 Å². The third-order valence-corrected chi connectivity index (χ3v) is 5.74. The molecule has 1 saturated heterocycles. The summed E-state index contributed by atoms with van der Waals surface area (Å²) in [5.41, 5.74) is -0.0279. The van der Waals surface area contributed by atoms with E-state index in [1.807, 2.05) is 4.90 Å². The number of halogens is 3. The topological polar surface area (TPSA) is 95.7 Å². The maximum Gasteiger partial charge on any atom is 0.416 e. The van der Waals surface area contributed by atoms with E-state index in [0.29, 0.717) is 31.9 Å². The molecule has 162 valence electrons. The van der Waals surface area contributed by atoms with Crippen LogP contribution in [0.4, 0.5) is 23.7 Å². The summed E-state index contributed by atoms with van der Waals surface area (Å²) in [6.45, 7) is 1.73. The van der Waals surface area contributed by atoms with E-state index in [1.165, 1.54) is 36.4 Å². The molecule has 0 aromatic heterocycles. The molecule has 0 atom stereocenters. The Bertz CT molecular complexity index is 1000. The van der Waals surface area contributed by atoms with Gasteiger partial charge in [-0.2, -0.15) is 13.2 Å². The molecule has 1 aliphatic rings. The highest BCUT2D eigenvalue weighted by atomic mass is 32.2. The lowest BCUT2D eigenvalue weighted by Crippen LogP contribution is -2.49. The zero-order chi connectivity index (χ0) is 21.9. The Hall–Kier alpha value is -2.63. The summed E-state index contributed by atoms with van der Waals surface area (Å²) in [5, 5.41) is 7.70. The molecular weight excluding hydrogens is 421 g/mol. The number of nitrogens with zero attached hydrogens (tertiary/aromatic N) is 2. The Balaban J connectivity index is 1.55. The summed E-state index contributed by atoms with van der Waals surface area (Å²) in [7, 11) is -3.81. The van der Waals surface area contributed by atoms with E-state index in [4.69, 9.17) is 5.14 Å². The number of amides is 2. The number of hydrogen-bond acceptors (Lipinski definition) is 4. The molecule has 3 rings (SSSR count). The van der Waals surface area contributed by atoms with Crippen LogP contribution in [0.2, 0.25) is 0 Å². The van der Waals surface area contributed by atoms with E-state index in [2.05, 4.69) is 5.32 Å². The molecule has 2 aromatic rings. The van der Waals surface area contributed by atoms with Gasteiger partial charge in [0.1, 0.15) is 0 Å². The summed E-state index contributed by atoms with van der Waals surface area (Å²) in [6, 6.07) is 10.6. The van der Waals surface area contributed by atoms with Gasteiger partial charge in [-0.1, -0.05) is 18.2 Å². The second-order valence-corrected chi connectivity index (χ2v) is 8.48. The van der Waals surface area contributed by atoms with Crippen molar-refractivity contribution < 1.29 is 26.4 Å². The number of benzene rings is 2. The highest BCUT2D eigenvalue weighted by Gasteiger charge is 2.33. The van der Waals surface area contributed by atoms with Crippen molar-refractivity contribution in [2.75, 3.05) is 31.5 Å². The number of piperazine rings is 1. The Labute approximate surface area is 172 Å². The molecule has 30 heavy (non-hydrogen) atoms. The van der Waals surface area contributed by atoms with Gasteiger partial charge in [-0.25, -0.2) is 18.4 Å². The maximum absolute atomic E-state index is 13.1. The van der Waals surface area contributed by atoms with E-state index in [1.54, 1.807) is 11.0 Å². The molecule has 0 saturated carbocycles. The van der Waals surface area contributed by atoms with E-state index in [9.17, 15) is 26.4 Å². The summed E-state index contributed by atoms with van der Waals surface area (Å²) < 4.78 is 62.0. The van der Waals surface area contributed by atoms with Crippen molar-refractivity contribution in [3.8, 4) is 0 Å². The number of carbonyl (C=O) groups is 1. The summed E-state index contributed by atoms with van der Waals surface area (Å²) in [6.07, 6.45) is -4.41. The number of urea groups is 1. The molecule has 0 bridgehead atoms. The standard InChI is InChI=1S/C19H21F3N4O3S/c20-19(21,22)17-4-2-1-3-14(17)13-25-9-11-26(12-10-25)18(27)24-15-5-7-16(8-6-15)30(23,28)29/h1-8H,9-13H2,(H,24,27)(H2,23,28,29). The maximum atomic E-state index is 13.1. The van der Waals surface area contributed by atoms with Crippen molar-refractivity contribution in [3.05, 3.63) is 59.7 Å². The van der Waals surface area contributed by atoms with Crippen LogP contribution in [-0.4, -0.2) is 50.4 Å². The Kier molecular flexibility index (Phi) is 6.34. The number of sulfonamides is 1. The molecule has 2 aromatic carbocycles. The van der Waals surface area contributed by atoms with Crippen LogP contribution in [0, 0.1) is 0 Å². The van der Waals surface area contributed by atoms with Crippen LogP contribution >= 0.6 is 0 Å². The number of alkyl halides is 3. The number of hydrogen-bond donors (Lipinski definition) is 2. The monoisotopic (exact) mass is 442 g/mol. The Morgan fingerprint density at radius 2 is 1.60 bits per heavy atom. The van der Waals surface area contributed by atoms with Crippen LogP contribution in [-0.2, 0) is 22.7 Å². The molecule has 11 heteroatoms. The van der Waals surface area contributed by atoms with Gasteiger partial charge in [0.15, 0.2) is 0 Å². The SMILES string of the molecule is NS(=O)(=O)c1ccc(NC(=O)N2CCN(Cc3ccccc3C(F)(F)F)CC2)cc1. The van der Waals surface area contributed by atoms with Gasteiger partial charge < -0.3 is 10.2 Å². The first-order valence-corrected chi connectivity index (χ1v) is 10.6.